The first-order valence-corrected chi connectivity index (χ1v) is 10.2. The topological polar surface area (TPSA) is 90.9 Å². The van der Waals surface area contributed by atoms with Crippen molar-refractivity contribution in [2.75, 3.05) is 19.8 Å². The van der Waals surface area contributed by atoms with Crippen LogP contribution in [-0.4, -0.2) is 37.5 Å². The Balaban J connectivity index is 1.96. The molecule has 3 rings (SSSR count). The number of nitrogens with one attached hydrogen (secondary N) is 1. The zero-order valence-corrected chi connectivity index (χ0v) is 17.6. The van der Waals surface area contributed by atoms with Crippen LogP contribution in [-0.2, 0) is 23.9 Å². The molecule has 0 unspecified atom stereocenters. The summed E-state index contributed by atoms with van der Waals surface area (Å²) in [5, 5.41) is 3.26. The summed E-state index contributed by atoms with van der Waals surface area (Å²) in [5.74, 6) is -0.971. The first-order valence-electron chi connectivity index (χ1n) is 10.2. The Morgan fingerprint density at radius 1 is 1.13 bits per heavy atom. The summed E-state index contributed by atoms with van der Waals surface area (Å²) < 4.78 is 15.8. The molecule has 1 aromatic rings. The third kappa shape index (κ3) is 4.79. The van der Waals surface area contributed by atoms with Crippen molar-refractivity contribution in [1.29, 1.82) is 0 Å². The Kier molecular flexibility index (Phi) is 7.05. The van der Waals surface area contributed by atoms with Crippen LogP contribution in [0.5, 0.6) is 5.75 Å². The fourth-order valence-corrected chi connectivity index (χ4v) is 3.90. The predicted molar refractivity (Wildman–Crippen MR) is 110 cm³/mol. The number of benzene rings is 1. The number of carbonyl (C=O) groups is 3. The molecule has 1 aliphatic carbocycles. The number of hydrogen-bond acceptors (Lipinski definition) is 7. The number of hydrogen-bond donors (Lipinski definition) is 1. The maximum absolute atomic E-state index is 13.0. The molecule has 1 aliphatic heterocycles. The second-order valence-electron chi connectivity index (χ2n) is 7.26. The molecule has 1 N–H and O–H groups in total. The maximum Gasteiger partial charge on any atom is 0.336 e. The average Bonchev–Trinajstić information content (AvgIpc) is 2.70. The van der Waals surface area contributed by atoms with Crippen LogP contribution in [0.15, 0.2) is 46.8 Å². The lowest BCUT2D eigenvalue weighted by molar-refractivity contribution is -0.141. The van der Waals surface area contributed by atoms with Crippen LogP contribution in [0.3, 0.4) is 0 Å². The van der Waals surface area contributed by atoms with Crippen molar-refractivity contribution in [3.63, 3.8) is 0 Å². The predicted octanol–water partition coefficient (Wildman–Crippen LogP) is 3.16. The van der Waals surface area contributed by atoms with Crippen LogP contribution in [0.4, 0.5) is 0 Å². The second-order valence-corrected chi connectivity index (χ2v) is 7.26. The van der Waals surface area contributed by atoms with Gasteiger partial charge in [0.05, 0.1) is 12.2 Å². The molecule has 0 amide bonds. The zero-order chi connectivity index (χ0) is 21.7. The number of Topliss-reactive ketones (excluding diaryl/α,β-unsaturated/α-hetero) is 1. The van der Waals surface area contributed by atoms with Gasteiger partial charge in [-0.05, 0) is 44.4 Å². The van der Waals surface area contributed by atoms with E-state index < -0.39 is 17.9 Å². The van der Waals surface area contributed by atoms with Crippen molar-refractivity contribution < 1.29 is 28.6 Å². The monoisotopic (exact) mass is 413 g/mol. The highest BCUT2D eigenvalue weighted by Crippen LogP contribution is 2.42. The van der Waals surface area contributed by atoms with Gasteiger partial charge in [-0.15, -0.1) is 0 Å². The largest absolute Gasteiger partial charge is 0.460 e. The van der Waals surface area contributed by atoms with Gasteiger partial charge in [-0.1, -0.05) is 12.1 Å². The van der Waals surface area contributed by atoms with Crippen LogP contribution < -0.4 is 10.1 Å². The molecule has 0 spiro atoms. The van der Waals surface area contributed by atoms with E-state index in [0.717, 1.165) is 24.1 Å². The third-order valence-electron chi connectivity index (χ3n) is 5.14. The molecule has 7 nitrogen and oxygen atoms in total. The van der Waals surface area contributed by atoms with E-state index in [9.17, 15) is 14.4 Å². The summed E-state index contributed by atoms with van der Waals surface area (Å²) in [6, 6.07) is 6.89. The van der Waals surface area contributed by atoms with E-state index in [4.69, 9.17) is 14.2 Å². The maximum atomic E-state index is 13.0. The quantitative estimate of drug-likeness (QED) is 0.417. The lowest BCUT2D eigenvalue weighted by atomic mass is 9.75. The van der Waals surface area contributed by atoms with Gasteiger partial charge in [0.15, 0.2) is 5.78 Å². The van der Waals surface area contributed by atoms with E-state index >= 15 is 0 Å². The Morgan fingerprint density at radius 3 is 2.53 bits per heavy atom. The van der Waals surface area contributed by atoms with Gasteiger partial charge in [-0.3, -0.25) is 9.59 Å². The highest BCUT2D eigenvalue weighted by molar-refractivity contribution is 6.03. The number of esters is 2. The van der Waals surface area contributed by atoms with E-state index in [1.165, 1.54) is 6.92 Å². The van der Waals surface area contributed by atoms with Crippen molar-refractivity contribution in [3.05, 3.63) is 52.4 Å². The lowest BCUT2D eigenvalue weighted by Crippen LogP contribution is -2.34. The van der Waals surface area contributed by atoms with Crippen molar-refractivity contribution in [3.8, 4) is 5.75 Å². The molecular formula is C23H27NO6. The van der Waals surface area contributed by atoms with Crippen molar-refractivity contribution >= 4 is 17.7 Å². The highest BCUT2D eigenvalue weighted by Gasteiger charge is 2.39. The number of ketones is 1. The molecule has 0 bridgehead atoms. The summed E-state index contributed by atoms with van der Waals surface area (Å²) in [5.41, 5.74) is 3.35. The lowest BCUT2D eigenvalue weighted by Gasteiger charge is -2.34. The van der Waals surface area contributed by atoms with E-state index in [2.05, 4.69) is 5.32 Å². The molecule has 160 valence electrons. The molecule has 0 fully saturated rings. The van der Waals surface area contributed by atoms with Crippen LogP contribution in [0, 0.1) is 0 Å². The summed E-state index contributed by atoms with van der Waals surface area (Å²) >= 11 is 0. The number of allylic oxidation sites excluding steroid dienone is 3. The Labute approximate surface area is 176 Å². The van der Waals surface area contributed by atoms with Gasteiger partial charge in [0.2, 0.25) is 0 Å². The second kappa shape index (κ2) is 9.71. The molecule has 1 aromatic carbocycles. The van der Waals surface area contributed by atoms with Gasteiger partial charge in [0, 0.05) is 42.8 Å². The minimum absolute atomic E-state index is 0.0323. The normalized spacial score (nSPS) is 18.6. The van der Waals surface area contributed by atoms with Crippen molar-refractivity contribution in [2.24, 2.45) is 0 Å². The Bertz CT molecular complexity index is 897. The van der Waals surface area contributed by atoms with Crippen LogP contribution in [0.2, 0.25) is 0 Å². The molecule has 1 heterocycles. The summed E-state index contributed by atoms with van der Waals surface area (Å²) in [4.78, 5) is 37.0. The minimum atomic E-state index is -0.528. The third-order valence-corrected chi connectivity index (χ3v) is 5.14. The number of ether oxygens (including phenoxy) is 3. The molecule has 0 saturated carbocycles. The summed E-state index contributed by atoms with van der Waals surface area (Å²) in [6.07, 6.45) is 1.99. The summed E-state index contributed by atoms with van der Waals surface area (Å²) in [6.45, 7) is 6.03. The molecule has 1 atom stereocenters. The summed E-state index contributed by atoms with van der Waals surface area (Å²) in [7, 11) is 0. The molecule has 0 aromatic heterocycles. The van der Waals surface area contributed by atoms with Gasteiger partial charge in [-0.25, -0.2) is 4.79 Å². The van der Waals surface area contributed by atoms with Gasteiger partial charge >= 0.3 is 11.9 Å². The Hall–Kier alpha value is -2.93. The molecule has 7 heteroatoms. The van der Waals surface area contributed by atoms with E-state index in [1.807, 2.05) is 13.8 Å². The van der Waals surface area contributed by atoms with Crippen molar-refractivity contribution in [1.82, 2.24) is 5.32 Å². The van der Waals surface area contributed by atoms with Gasteiger partial charge in [0.25, 0.3) is 0 Å². The number of dihydropyridines is 1. The molecule has 0 saturated heterocycles. The molecule has 2 aliphatic rings. The average molecular weight is 413 g/mol. The number of carbonyl (C=O) groups excluding carboxylic acids is 3. The van der Waals surface area contributed by atoms with Crippen LogP contribution >= 0.6 is 0 Å². The SMILES string of the molecule is CCOCCOC(=O)C1=C(C)NC2=C(C(=O)CCC2)[C@H]1c1ccc(OC(C)=O)cc1. The van der Waals surface area contributed by atoms with Crippen molar-refractivity contribution in [2.45, 2.75) is 46.0 Å². The van der Waals surface area contributed by atoms with Gasteiger partial charge < -0.3 is 19.5 Å². The minimum Gasteiger partial charge on any atom is -0.460 e. The first kappa shape index (κ1) is 21.8. The van der Waals surface area contributed by atoms with E-state index in [1.54, 1.807) is 24.3 Å². The van der Waals surface area contributed by atoms with E-state index in [0.29, 0.717) is 42.2 Å². The fraction of sp³-hybridized carbons (Fsp3) is 0.435. The number of rotatable bonds is 7. The molecule has 0 radical (unpaired) electrons. The molecule has 30 heavy (non-hydrogen) atoms. The standard InChI is InChI=1S/C23H27NO6/c1-4-28-12-13-29-23(27)20-14(2)24-18-6-5-7-19(26)22(18)21(20)16-8-10-17(11-9-16)30-15(3)25/h8-11,21,24H,4-7,12-13H2,1-3H3/t21-/m0/s1. The smallest absolute Gasteiger partial charge is 0.336 e. The van der Waals surface area contributed by atoms with E-state index in [-0.39, 0.29) is 12.4 Å². The Morgan fingerprint density at radius 2 is 1.87 bits per heavy atom. The van der Waals surface area contributed by atoms with Gasteiger partial charge in [-0.2, -0.15) is 0 Å². The zero-order valence-electron chi connectivity index (χ0n) is 17.6. The van der Waals surface area contributed by atoms with Crippen LogP contribution in [0.1, 0.15) is 51.5 Å². The highest BCUT2D eigenvalue weighted by atomic mass is 16.6. The first-order chi connectivity index (χ1) is 14.4. The molecular weight excluding hydrogens is 386 g/mol. The van der Waals surface area contributed by atoms with Gasteiger partial charge in [0.1, 0.15) is 12.4 Å². The van der Waals surface area contributed by atoms with Crippen LogP contribution in [0.25, 0.3) is 0 Å². The fourth-order valence-electron chi connectivity index (χ4n) is 3.90.